The van der Waals surface area contributed by atoms with E-state index in [9.17, 15) is 4.79 Å². The minimum Gasteiger partial charge on any atom is -0.360 e. The van der Waals surface area contributed by atoms with Crippen molar-refractivity contribution >= 4 is 23.4 Å². The van der Waals surface area contributed by atoms with Gasteiger partial charge < -0.3 is 15.2 Å². The molecule has 0 atom stereocenters. The van der Waals surface area contributed by atoms with Gasteiger partial charge in [-0.25, -0.2) is 9.97 Å². The molecule has 0 radical (unpaired) electrons. The lowest BCUT2D eigenvalue weighted by molar-refractivity contribution is 0.102. The fourth-order valence-electron chi connectivity index (χ4n) is 2.39. The number of rotatable bonds is 5. The van der Waals surface area contributed by atoms with E-state index < -0.39 is 0 Å². The van der Waals surface area contributed by atoms with Gasteiger partial charge in [0.2, 0.25) is 5.95 Å². The summed E-state index contributed by atoms with van der Waals surface area (Å²) in [6.45, 7) is 5.98. The van der Waals surface area contributed by atoms with E-state index in [2.05, 4.69) is 45.7 Å². The van der Waals surface area contributed by atoms with Gasteiger partial charge in [-0.2, -0.15) is 0 Å². The van der Waals surface area contributed by atoms with Crippen LogP contribution in [0.25, 0.3) is 0 Å². The smallest absolute Gasteiger partial charge is 0.275 e. The van der Waals surface area contributed by atoms with Gasteiger partial charge >= 0.3 is 0 Å². The summed E-state index contributed by atoms with van der Waals surface area (Å²) >= 11 is 0. The van der Waals surface area contributed by atoms with Crippen molar-refractivity contribution in [3.63, 3.8) is 0 Å². The molecule has 3 aromatic rings. The topological polar surface area (TPSA) is 92.9 Å². The van der Waals surface area contributed by atoms with Crippen LogP contribution in [0, 0.1) is 6.92 Å². The summed E-state index contributed by atoms with van der Waals surface area (Å²) in [4.78, 5) is 20.8. The monoisotopic (exact) mass is 337 g/mol. The Bertz CT molecular complexity index is 888. The van der Waals surface area contributed by atoms with Crippen LogP contribution in [0.3, 0.4) is 0 Å². The third-order valence-corrected chi connectivity index (χ3v) is 3.59. The van der Waals surface area contributed by atoms with Gasteiger partial charge in [0.25, 0.3) is 5.91 Å². The molecule has 128 valence electrons. The van der Waals surface area contributed by atoms with Gasteiger partial charge in [-0.3, -0.25) is 4.79 Å². The number of aryl methyl sites for hydroxylation is 1. The normalized spacial score (nSPS) is 10.7. The Labute approximate surface area is 145 Å². The first-order valence-corrected chi connectivity index (χ1v) is 7.96. The van der Waals surface area contributed by atoms with Crippen LogP contribution in [0.5, 0.6) is 0 Å². The molecule has 0 aliphatic heterocycles. The lowest BCUT2D eigenvalue weighted by Gasteiger charge is -2.13. The first-order valence-electron chi connectivity index (χ1n) is 7.96. The molecule has 25 heavy (non-hydrogen) atoms. The molecule has 7 heteroatoms. The van der Waals surface area contributed by atoms with Crippen molar-refractivity contribution in [2.24, 2.45) is 0 Å². The number of para-hydroxylation sites is 1. The third-order valence-electron chi connectivity index (χ3n) is 3.59. The minimum atomic E-state index is -0.379. The predicted molar refractivity (Wildman–Crippen MR) is 95.0 cm³/mol. The molecule has 0 saturated carbocycles. The summed E-state index contributed by atoms with van der Waals surface area (Å²) in [6, 6.07) is 11.1. The second kappa shape index (κ2) is 7.12. The Morgan fingerprint density at radius 3 is 2.72 bits per heavy atom. The number of benzene rings is 1. The van der Waals surface area contributed by atoms with Crippen molar-refractivity contribution in [2.75, 3.05) is 10.6 Å². The molecule has 0 aliphatic carbocycles. The van der Waals surface area contributed by atoms with Gasteiger partial charge in [-0.05, 0) is 30.5 Å². The Morgan fingerprint density at radius 1 is 1.20 bits per heavy atom. The Balaban J connectivity index is 1.79. The first-order chi connectivity index (χ1) is 12.0. The van der Waals surface area contributed by atoms with Crippen LogP contribution >= 0.6 is 0 Å². The lowest BCUT2D eigenvalue weighted by Crippen LogP contribution is -2.15. The quantitative estimate of drug-likeness (QED) is 0.733. The molecule has 2 heterocycles. The highest BCUT2D eigenvalue weighted by molar-refractivity contribution is 6.02. The number of nitrogens with one attached hydrogen (secondary N) is 2. The fraction of sp³-hybridized carbons (Fsp3) is 0.222. The second-order valence-corrected chi connectivity index (χ2v) is 5.91. The van der Waals surface area contributed by atoms with Crippen molar-refractivity contribution in [2.45, 2.75) is 26.7 Å². The maximum atomic E-state index is 12.3. The van der Waals surface area contributed by atoms with E-state index in [0.29, 0.717) is 23.4 Å². The second-order valence-electron chi connectivity index (χ2n) is 5.91. The average Bonchev–Trinajstić information content (AvgIpc) is 3.00. The Hall–Kier alpha value is -3.22. The SMILES string of the molecule is Cc1cc(NC(=O)c2ccnc(Nc3ccccc3C(C)C)n2)no1. The zero-order chi connectivity index (χ0) is 17.8. The van der Waals surface area contributed by atoms with Gasteiger partial charge in [0.15, 0.2) is 5.82 Å². The summed E-state index contributed by atoms with van der Waals surface area (Å²) in [5, 5.41) is 9.56. The molecule has 3 rings (SSSR count). The molecule has 0 saturated heterocycles. The molecule has 7 nitrogen and oxygen atoms in total. The summed E-state index contributed by atoms with van der Waals surface area (Å²) in [7, 11) is 0. The molecule has 1 aromatic carbocycles. The van der Waals surface area contributed by atoms with Crippen molar-refractivity contribution in [3.05, 3.63) is 59.6 Å². The summed E-state index contributed by atoms with van der Waals surface area (Å²) in [5.74, 6) is 1.30. The van der Waals surface area contributed by atoms with Crippen LogP contribution in [0.15, 0.2) is 47.1 Å². The Kier molecular flexibility index (Phi) is 4.74. The van der Waals surface area contributed by atoms with E-state index in [1.54, 1.807) is 19.1 Å². The van der Waals surface area contributed by atoms with Crippen LogP contribution < -0.4 is 10.6 Å². The zero-order valence-electron chi connectivity index (χ0n) is 14.3. The summed E-state index contributed by atoms with van der Waals surface area (Å²) in [6.07, 6.45) is 1.54. The van der Waals surface area contributed by atoms with Gasteiger partial charge in [0.1, 0.15) is 11.5 Å². The number of nitrogens with zero attached hydrogens (tertiary/aromatic N) is 3. The molecular formula is C18H19N5O2. The summed E-state index contributed by atoms with van der Waals surface area (Å²) in [5.41, 5.74) is 2.31. The summed E-state index contributed by atoms with van der Waals surface area (Å²) < 4.78 is 4.93. The van der Waals surface area contributed by atoms with Gasteiger partial charge in [0.05, 0.1) is 0 Å². The van der Waals surface area contributed by atoms with E-state index in [-0.39, 0.29) is 11.6 Å². The molecule has 0 bridgehead atoms. The number of aromatic nitrogens is 3. The third kappa shape index (κ3) is 4.00. The molecule has 0 unspecified atom stereocenters. The van der Waals surface area contributed by atoms with Crippen LogP contribution in [0.2, 0.25) is 0 Å². The van der Waals surface area contributed by atoms with E-state index in [0.717, 1.165) is 11.3 Å². The fourth-order valence-corrected chi connectivity index (χ4v) is 2.39. The van der Waals surface area contributed by atoms with Crippen molar-refractivity contribution in [1.29, 1.82) is 0 Å². The number of hydrogen-bond acceptors (Lipinski definition) is 6. The standard InChI is InChI=1S/C18H19N5O2/c1-11(2)13-6-4-5-7-14(13)20-18-19-9-8-15(21-18)17(24)22-16-10-12(3)25-23-16/h4-11H,1-3H3,(H,19,20,21)(H,22,23,24). The number of anilines is 3. The maximum Gasteiger partial charge on any atom is 0.275 e. The van der Waals surface area contributed by atoms with Crippen LogP contribution in [0.1, 0.15) is 41.6 Å². The van der Waals surface area contributed by atoms with E-state index in [4.69, 9.17) is 4.52 Å². The number of carbonyl (C=O) groups is 1. The first kappa shape index (κ1) is 16.6. The van der Waals surface area contributed by atoms with Crippen molar-refractivity contribution < 1.29 is 9.32 Å². The van der Waals surface area contributed by atoms with Gasteiger partial charge in [-0.1, -0.05) is 37.2 Å². The largest absolute Gasteiger partial charge is 0.360 e. The molecular weight excluding hydrogens is 318 g/mol. The highest BCUT2D eigenvalue weighted by Gasteiger charge is 2.13. The highest BCUT2D eigenvalue weighted by Crippen LogP contribution is 2.25. The molecule has 0 spiro atoms. The average molecular weight is 337 g/mol. The number of hydrogen-bond donors (Lipinski definition) is 2. The van der Waals surface area contributed by atoms with Gasteiger partial charge in [-0.15, -0.1) is 0 Å². The molecule has 0 aliphatic rings. The van der Waals surface area contributed by atoms with Crippen LogP contribution in [0.4, 0.5) is 17.5 Å². The van der Waals surface area contributed by atoms with E-state index in [1.807, 2.05) is 18.2 Å². The van der Waals surface area contributed by atoms with Crippen molar-refractivity contribution in [1.82, 2.24) is 15.1 Å². The van der Waals surface area contributed by atoms with Crippen molar-refractivity contribution in [3.8, 4) is 0 Å². The lowest BCUT2D eigenvalue weighted by atomic mass is 10.0. The van der Waals surface area contributed by atoms with Gasteiger partial charge in [0, 0.05) is 18.0 Å². The zero-order valence-corrected chi connectivity index (χ0v) is 14.3. The minimum absolute atomic E-state index is 0.236. The van der Waals surface area contributed by atoms with Crippen LogP contribution in [-0.4, -0.2) is 21.0 Å². The molecule has 2 N–H and O–H groups in total. The van der Waals surface area contributed by atoms with E-state index >= 15 is 0 Å². The predicted octanol–water partition coefficient (Wildman–Crippen LogP) is 3.89. The number of amides is 1. The van der Waals surface area contributed by atoms with Crippen LogP contribution in [-0.2, 0) is 0 Å². The molecule has 1 amide bonds. The van der Waals surface area contributed by atoms with E-state index in [1.165, 1.54) is 6.20 Å². The maximum absolute atomic E-state index is 12.3. The number of carbonyl (C=O) groups excluding carboxylic acids is 1. The Morgan fingerprint density at radius 2 is 2.00 bits per heavy atom. The highest BCUT2D eigenvalue weighted by atomic mass is 16.5. The molecule has 2 aromatic heterocycles. The molecule has 0 fully saturated rings.